The Hall–Kier alpha value is -5.50. The van der Waals surface area contributed by atoms with E-state index in [0.29, 0.717) is 32.2 Å². The highest BCUT2D eigenvalue weighted by molar-refractivity contribution is 6.00. The normalized spacial score (nSPS) is 11.0. The van der Waals surface area contributed by atoms with Crippen LogP contribution in [0.15, 0.2) is 53.6 Å². The number of ether oxygens (including phenoxy) is 1. The van der Waals surface area contributed by atoms with Gasteiger partial charge in [0.25, 0.3) is 5.91 Å². The van der Waals surface area contributed by atoms with Crippen molar-refractivity contribution in [3.8, 4) is 11.5 Å². The van der Waals surface area contributed by atoms with Gasteiger partial charge in [0.15, 0.2) is 0 Å². The number of carbonyl (C=O) groups excluding carboxylic acids is 5. The summed E-state index contributed by atoms with van der Waals surface area (Å²) in [4.78, 5) is 65.6. The van der Waals surface area contributed by atoms with E-state index >= 15 is 0 Å². The predicted molar refractivity (Wildman–Crippen MR) is 166 cm³/mol. The van der Waals surface area contributed by atoms with Crippen molar-refractivity contribution in [1.82, 2.24) is 20.9 Å². The first-order valence-corrected chi connectivity index (χ1v) is 14.7. The smallest absolute Gasteiger partial charge is 0.410 e. The fourth-order valence-corrected chi connectivity index (χ4v) is 4.15. The maximum Gasteiger partial charge on any atom is 0.410 e. The molecular weight excluding hydrogens is 600 g/mol. The molecule has 0 bridgehead atoms. The zero-order chi connectivity index (χ0) is 33.7. The number of primary amides is 1. The van der Waals surface area contributed by atoms with Crippen LogP contribution in [0, 0.1) is 0 Å². The molecule has 16 heteroatoms. The van der Waals surface area contributed by atoms with Gasteiger partial charge in [-0.05, 0) is 48.9 Å². The van der Waals surface area contributed by atoms with E-state index in [1.54, 1.807) is 0 Å². The Morgan fingerprint density at radius 2 is 1.67 bits per heavy atom. The van der Waals surface area contributed by atoms with Crippen molar-refractivity contribution in [3.63, 3.8) is 0 Å². The molecule has 2 aromatic carbocycles. The molecule has 0 radical (unpaired) electrons. The summed E-state index contributed by atoms with van der Waals surface area (Å²) in [5.41, 5.74) is 14.3. The van der Waals surface area contributed by atoms with Crippen LogP contribution in [0.25, 0.3) is 10.4 Å². The van der Waals surface area contributed by atoms with Crippen molar-refractivity contribution in [3.05, 3.63) is 70.1 Å². The lowest BCUT2D eigenvalue weighted by molar-refractivity contribution is -0.126. The highest BCUT2D eigenvalue weighted by Crippen LogP contribution is 2.22. The molecule has 46 heavy (non-hydrogen) atoms. The molecule has 0 fully saturated rings. The molecule has 0 saturated carbocycles. The number of nitrogens with one attached hydrogen (secondary N) is 3. The van der Waals surface area contributed by atoms with Gasteiger partial charge in [0.05, 0.1) is 12.0 Å². The third kappa shape index (κ3) is 14.3. The quantitative estimate of drug-likeness (QED) is 0.0540. The van der Waals surface area contributed by atoms with Crippen LogP contribution >= 0.6 is 0 Å². The summed E-state index contributed by atoms with van der Waals surface area (Å²) in [5, 5.41) is 30.5. The van der Waals surface area contributed by atoms with Gasteiger partial charge in [-0.2, -0.15) is 0 Å². The molecule has 1 atom stereocenters. The van der Waals surface area contributed by atoms with Crippen LogP contribution in [-0.2, 0) is 25.7 Å². The second-order valence-electron chi connectivity index (χ2n) is 10.2. The second-order valence-corrected chi connectivity index (χ2v) is 10.2. The minimum atomic E-state index is -1.27. The standard InChI is InChI=1S/C30H40N8O8/c31-26(41)19-24(36-28(43)23-11-10-22(39)18-25(23)40)29(44)34-14-6-2-5-13-33-27(42)12-17-38(16-7-15-35-37-32)30(45)46-20-21-8-3-1-4-9-21/h1,3-4,8-11,18,24,39-40H,2,5-7,12-17,19-20H2,(H2,31,41)(H,33,42)(H,34,44)(H,36,43)/t24-/m0/s1. The van der Waals surface area contributed by atoms with Gasteiger partial charge >= 0.3 is 6.09 Å². The van der Waals surface area contributed by atoms with Crippen molar-refractivity contribution in [2.75, 3.05) is 32.7 Å². The molecule has 0 aliphatic rings. The third-order valence-corrected chi connectivity index (χ3v) is 6.55. The number of hydrogen-bond acceptors (Lipinski definition) is 9. The van der Waals surface area contributed by atoms with Crippen LogP contribution in [0.5, 0.6) is 11.5 Å². The molecule has 248 valence electrons. The summed E-state index contributed by atoms with van der Waals surface area (Å²) >= 11 is 0. The van der Waals surface area contributed by atoms with Gasteiger partial charge in [-0.1, -0.05) is 35.4 Å². The van der Waals surface area contributed by atoms with E-state index in [1.807, 2.05) is 30.3 Å². The molecule has 0 unspecified atom stereocenters. The Balaban J connectivity index is 1.70. The van der Waals surface area contributed by atoms with Crippen molar-refractivity contribution < 1.29 is 38.9 Å². The van der Waals surface area contributed by atoms with Gasteiger partial charge in [-0.15, -0.1) is 0 Å². The van der Waals surface area contributed by atoms with Crippen molar-refractivity contribution in [2.45, 2.75) is 51.2 Å². The van der Waals surface area contributed by atoms with Crippen LogP contribution in [0.3, 0.4) is 0 Å². The van der Waals surface area contributed by atoms with Crippen LogP contribution in [0.2, 0.25) is 0 Å². The highest BCUT2D eigenvalue weighted by Gasteiger charge is 2.24. The molecule has 0 heterocycles. The van der Waals surface area contributed by atoms with E-state index in [2.05, 4.69) is 26.0 Å². The summed E-state index contributed by atoms with van der Waals surface area (Å²) in [6.07, 6.45) is 1.23. The number of hydrogen-bond donors (Lipinski definition) is 6. The first-order chi connectivity index (χ1) is 22.1. The van der Waals surface area contributed by atoms with Gasteiger partial charge < -0.3 is 41.5 Å². The summed E-state index contributed by atoms with van der Waals surface area (Å²) < 4.78 is 5.37. The number of carbonyl (C=O) groups is 5. The Morgan fingerprint density at radius 3 is 2.35 bits per heavy atom. The largest absolute Gasteiger partial charge is 0.508 e. The van der Waals surface area contributed by atoms with Crippen LogP contribution < -0.4 is 21.7 Å². The Morgan fingerprint density at radius 1 is 0.957 bits per heavy atom. The average molecular weight is 641 g/mol. The summed E-state index contributed by atoms with van der Waals surface area (Å²) in [6.45, 7) is 1.28. The molecule has 2 rings (SSSR count). The van der Waals surface area contributed by atoms with Crippen molar-refractivity contribution in [1.29, 1.82) is 0 Å². The molecule has 16 nitrogen and oxygen atoms in total. The van der Waals surface area contributed by atoms with E-state index in [9.17, 15) is 34.2 Å². The molecule has 5 amide bonds. The first kappa shape index (κ1) is 36.7. The topological polar surface area (TPSA) is 249 Å². The monoisotopic (exact) mass is 640 g/mol. The SMILES string of the molecule is [N-]=[N+]=NCCCN(CCC(=O)NCCCCCNC(=O)[C@H](CC(N)=O)NC(=O)c1ccc(O)cc1O)C(=O)OCc1ccccc1. The molecular formula is C30H40N8O8. The van der Waals surface area contributed by atoms with Gasteiger partial charge in [0, 0.05) is 50.1 Å². The van der Waals surface area contributed by atoms with E-state index in [-0.39, 0.29) is 56.4 Å². The maximum absolute atomic E-state index is 12.6. The van der Waals surface area contributed by atoms with E-state index in [0.717, 1.165) is 11.6 Å². The van der Waals surface area contributed by atoms with Gasteiger partial charge in [-0.3, -0.25) is 19.2 Å². The average Bonchev–Trinajstić information content (AvgIpc) is 3.02. The lowest BCUT2D eigenvalue weighted by Gasteiger charge is -2.21. The number of nitrogens with two attached hydrogens (primary N) is 1. The Bertz CT molecular complexity index is 1370. The van der Waals surface area contributed by atoms with Crippen LogP contribution in [0.1, 0.15) is 54.4 Å². The first-order valence-electron chi connectivity index (χ1n) is 14.7. The van der Waals surface area contributed by atoms with Crippen molar-refractivity contribution in [2.24, 2.45) is 10.8 Å². The number of rotatable bonds is 20. The number of phenols is 2. The highest BCUT2D eigenvalue weighted by atomic mass is 16.6. The molecule has 0 aliphatic carbocycles. The van der Waals surface area contributed by atoms with E-state index in [1.165, 1.54) is 17.0 Å². The molecule has 7 N–H and O–H groups in total. The Labute approximate surface area is 265 Å². The van der Waals surface area contributed by atoms with Crippen LogP contribution in [-0.4, -0.2) is 83.6 Å². The van der Waals surface area contributed by atoms with E-state index in [4.69, 9.17) is 16.0 Å². The Kier molecular flexibility index (Phi) is 16.3. The number of benzene rings is 2. The molecule has 0 aliphatic heterocycles. The van der Waals surface area contributed by atoms with Gasteiger partial charge in [0.2, 0.25) is 17.7 Å². The minimum Gasteiger partial charge on any atom is -0.508 e. The number of aromatic hydroxyl groups is 2. The number of nitrogens with zero attached hydrogens (tertiary/aromatic N) is 4. The summed E-state index contributed by atoms with van der Waals surface area (Å²) in [5.74, 6) is -3.28. The third-order valence-electron chi connectivity index (χ3n) is 6.55. The zero-order valence-electron chi connectivity index (χ0n) is 25.4. The lowest BCUT2D eigenvalue weighted by atomic mass is 10.1. The second kappa shape index (κ2) is 20.5. The van der Waals surface area contributed by atoms with Gasteiger partial charge in [-0.25, -0.2) is 4.79 Å². The maximum atomic E-state index is 12.6. The molecule has 0 spiro atoms. The van der Waals surface area contributed by atoms with Crippen LogP contribution in [0.4, 0.5) is 4.79 Å². The summed E-state index contributed by atoms with van der Waals surface area (Å²) in [7, 11) is 0. The fraction of sp³-hybridized carbons (Fsp3) is 0.433. The molecule has 0 aromatic heterocycles. The number of amides is 5. The zero-order valence-corrected chi connectivity index (χ0v) is 25.4. The minimum absolute atomic E-state index is 0.0485. The number of unbranched alkanes of at least 4 members (excludes halogenated alkanes) is 2. The summed E-state index contributed by atoms with van der Waals surface area (Å²) in [6, 6.07) is 11.2. The lowest BCUT2D eigenvalue weighted by Crippen LogP contribution is -2.48. The fourth-order valence-electron chi connectivity index (χ4n) is 4.15. The number of azide groups is 1. The molecule has 0 saturated heterocycles. The predicted octanol–water partition coefficient (Wildman–Crippen LogP) is 2.20. The molecule has 2 aromatic rings. The van der Waals surface area contributed by atoms with Crippen molar-refractivity contribution >= 4 is 29.7 Å². The van der Waals surface area contributed by atoms with E-state index < -0.39 is 42.0 Å². The number of phenolic OH excluding ortho intramolecular Hbond substituents is 2. The van der Waals surface area contributed by atoms with Gasteiger partial charge in [0.1, 0.15) is 24.1 Å².